The summed E-state index contributed by atoms with van der Waals surface area (Å²) in [7, 11) is 0. The van der Waals surface area contributed by atoms with Crippen molar-refractivity contribution in [1.82, 2.24) is 10.6 Å². The van der Waals surface area contributed by atoms with Crippen molar-refractivity contribution in [2.24, 2.45) is 11.3 Å². The number of hydrogen-bond acceptors (Lipinski definition) is 5. The van der Waals surface area contributed by atoms with Crippen LogP contribution >= 0.6 is 11.6 Å². The second-order valence-electron chi connectivity index (χ2n) is 11.8. The van der Waals surface area contributed by atoms with Gasteiger partial charge in [0.05, 0.1) is 12.2 Å². The van der Waals surface area contributed by atoms with E-state index in [0.29, 0.717) is 29.9 Å². The highest BCUT2D eigenvalue weighted by Crippen LogP contribution is 2.22. The van der Waals surface area contributed by atoms with E-state index < -0.39 is 11.5 Å². The van der Waals surface area contributed by atoms with Crippen LogP contribution in [0.4, 0.5) is 0 Å². The van der Waals surface area contributed by atoms with E-state index in [2.05, 4.69) is 10.6 Å². The van der Waals surface area contributed by atoms with Crippen LogP contribution in [0.1, 0.15) is 81.6 Å². The summed E-state index contributed by atoms with van der Waals surface area (Å²) >= 11 is 5.96. The molecule has 0 saturated heterocycles. The predicted octanol–water partition coefficient (Wildman–Crippen LogP) is 6.82. The number of halogens is 1. The summed E-state index contributed by atoms with van der Waals surface area (Å²) in [5, 5.41) is 6.32. The molecule has 0 spiro atoms. The first kappa shape index (κ1) is 36.1. The van der Waals surface area contributed by atoms with E-state index in [4.69, 9.17) is 21.1 Å². The van der Waals surface area contributed by atoms with Gasteiger partial charge in [0, 0.05) is 29.0 Å². The first-order valence-corrected chi connectivity index (χ1v) is 14.6. The average molecular weight is 589 g/mol. The number of carbonyl (C=O) groups excluding carboxylic acids is 3. The van der Waals surface area contributed by atoms with Crippen LogP contribution in [0.5, 0.6) is 0 Å². The Bertz CT molecular complexity index is 1070. The Morgan fingerprint density at radius 2 is 1.80 bits per heavy atom. The highest BCUT2D eigenvalue weighted by molar-refractivity contribution is 6.29. The number of esters is 1. The van der Waals surface area contributed by atoms with Crippen LogP contribution < -0.4 is 10.6 Å². The number of allylic oxidation sites excluding steroid dienone is 5. The Hall–Kier alpha value is -2.90. The van der Waals surface area contributed by atoms with Gasteiger partial charge in [-0.25, -0.2) is 4.79 Å². The molecule has 0 radical (unpaired) electrons. The van der Waals surface area contributed by atoms with Gasteiger partial charge in [-0.05, 0) is 59.1 Å². The average Bonchev–Trinajstić information content (AvgIpc) is 2.86. The zero-order valence-electron chi connectivity index (χ0n) is 26.1. The van der Waals surface area contributed by atoms with Crippen molar-refractivity contribution in [3.05, 3.63) is 71.0 Å². The molecule has 1 aliphatic heterocycles. The second-order valence-corrected chi connectivity index (χ2v) is 12.4. The molecule has 41 heavy (non-hydrogen) atoms. The lowest BCUT2D eigenvalue weighted by Gasteiger charge is -2.29. The lowest BCUT2D eigenvalue weighted by atomic mass is 9.86. The summed E-state index contributed by atoms with van der Waals surface area (Å²) in [6.45, 7) is 17.2. The fourth-order valence-corrected chi connectivity index (χ4v) is 4.19. The number of amides is 2. The van der Waals surface area contributed by atoms with Crippen molar-refractivity contribution in [2.45, 2.75) is 106 Å². The molecule has 0 bridgehead atoms. The van der Waals surface area contributed by atoms with Crippen molar-refractivity contribution in [3.8, 4) is 0 Å². The van der Waals surface area contributed by atoms with E-state index in [0.717, 1.165) is 5.57 Å². The van der Waals surface area contributed by atoms with Gasteiger partial charge in [0.15, 0.2) is 0 Å². The van der Waals surface area contributed by atoms with Gasteiger partial charge < -0.3 is 20.1 Å². The van der Waals surface area contributed by atoms with Crippen molar-refractivity contribution in [3.63, 3.8) is 0 Å². The summed E-state index contributed by atoms with van der Waals surface area (Å²) in [5.74, 6) is -0.878. The molecular weight excluding hydrogens is 540 g/mol. The van der Waals surface area contributed by atoms with Crippen molar-refractivity contribution in [2.75, 3.05) is 0 Å². The van der Waals surface area contributed by atoms with Gasteiger partial charge in [-0.3, -0.25) is 9.59 Å². The molecule has 0 aliphatic carbocycles. The molecule has 0 unspecified atom stereocenters. The maximum atomic E-state index is 12.9. The summed E-state index contributed by atoms with van der Waals surface area (Å²) in [4.78, 5) is 37.3. The summed E-state index contributed by atoms with van der Waals surface area (Å²) in [5.41, 5.74) is 1.13. The number of cyclic esters (lactones) is 1. The van der Waals surface area contributed by atoms with Gasteiger partial charge in [0.1, 0.15) is 12.1 Å². The third-order valence-electron chi connectivity index (χ3n) is 6.35. The molecule has 1 rings (SSSR count). The van der Waals surface area contributed by atoms with Crippen LogP contribution in [0.15, 0.2) is 71.0 Å². The number of rotatable bonds is 14. The van der Waals surface area contributed by atoms with Crippen LogP contribution in [0.3, 0.4) is 0 Å². The van der Waals surface area contributed by atoms with Gasteiger partial charge in [-0.2, -0.15) is 0 Å². The van der Waals surface area contributed by atoms with E-state index in [1.807, 2.05) is 85.8 Å². The number of carbonyl (C=O) groups is 3. The highest BCUT2D eigenvalue weighted by atomic mass is 35.5. The lowest BCUT2D eigenvalue weighted by Crippen LogP contribution is -2.52. The Kier molecular flexibility index (Phi) is 15.7. The molecule has 0 aromatic carbocycles. The number of ether oxygens (including phenoxy) is 2. The lowest BCUT2D eigenvalue weighted by molar-refractivity contribution is -0.147. The minimum absolute atomic E-state index is 0.0546. The molecule has 228 valence electrons. The first-order valence-electron chi connectivity index (χ1n) is 14.2. The molecule has 0 saturated carbocycles. The number of nitrogens with one attached hydrogen (secondary N) is 2. The fourth-order valence-electron chi connectivity index (χ4n) is 4.10. The summed E-state index contributed by atoms with van der Waals surface area (Å²) in [6.07, 6.45) is 17.8. The maximum absolute atomic E-state index is 12.9. The van der Waals surface area contributed by atoms with E-state index in [-0.39, 0.29) is 42.0 Å². The van der Waals surface area contributed by atoms with E-state index in [1.54, 1.807) is 25.3 Å². The monoisotopic (exact) mass is 588 g/mol. The third-order valence-corrected chi connectivity index (χ3v) is 6.50. The Balaban J connectivity index is 2.69. The molecule has 7 nitrogen and oxygen atoms in total. The summed E-state index contributed by atoms with van der Waals surface area (Å²) < 4.78 is 11.4. The molecule has 0 fully saturated rings. The van der Waals surface area contributed by atoms with Gasteiger partial charge in [-0.1, -0.05) is 87.4 Å². The van der Waals surface area contributed by atoms with Crippen LogP contribution in [0, 0.1) is 11.3 Å². The molecular formula is C33H49ClN2O5. The topological polar surface area (TPSA) is 93.7 Å². The van der Waals surface area contributed by atoms with E-state index in [9.17, 15) is 14.4 Å². The van der Waals surface area contributed by atoms with Gasteiger partial charge in [0.25, 0.3) is 0 Å². The number of hydrogen-bond donors (Lipinski definition) is 2. The van der Waals surface area contributed by atoms with Crippen LogP contribution in [-0.2, 0) is 23.9 Å². The quantitative estimate of drug-likeness (QED) is 0.132. The molecule has 1 heterocycles. The molecule has 4 atom stereocenters. The molecule has 2 N–H and O–H groups in total. The molecule has 0 aromatic rings. The zero-order chi connectivity index (χ0) is 31.2. The fraction of sp³-hybridized carbons (Fsp3) is 0.545. The van der Waals surface area contributed by atoms with Gasteiger partial charge >= 0.3 is 5.97 Å². The van der Waals surface area contributed by atoms with Gasteiger partial charge in [0.2, 0.25) is 11.8 Å². The molecule has 8 heteroatoms. The predicted molar refractivity (Wildman–Crippen MR) is 167 cm³/mol. The first-order chi connectivity index (χ1) is 19.1. The molecule has 2 amide bonds. The Labute approximate surface area is 251 Å². The normalized spacial score (nSPS) is 19.4. The molecule has 1 aliphatic rings. The Morgan fingerprint density at radius 1 is 1.15 bits per heavy atom. The standard InChI is InChI=1S/C33H49ClN2O5/c1-22(2)40-27(18-17-26(6)34)14-12-20-35-31(38)30(33(7,8)9)36-29(37)15-11-10-13-23(3)21-25(5)28-19-16-24(4)32(39)41-28/h10-13,15-17,20-22,25,27-28,30H,14,18-19H2,1-9H3,(H,35,38)(H,36,37)/b13-10-,15-11+,20-12-,23-21+,26-17+/t25-,27+,28-,30+/m0/s1. The van der Waals surface area contributed by atoms with Gasteiger partial charge in [-0.15, -0.1) is 0 Å². The molecule has 0 aromatic heterocycles. The zero-order valence-corrected chi connectivity index (χ0v) is 26.9. The minimum Gasteiger partial charge on any atom is -0.458 e. The second kappa shape index (κ2) is 17.8. The third kappa shape index (κ3) is 15.1. The largest absolute Gasteiger partial charge is 0.458 e. The van der Waals surface area contributed by atoms with E-state index in [1.165, 1.54) is 6.08 Å². The highest BCUT2D eigenvalue weighted by Gasteiger charge is 2.32. The Morgan fingerprint density at radius 3 is 2.39 bits per heavy atom. The van der Waals surface area contributed by atoms with Crippen molar-refractivity contribution < 1.29 is 23.9 Å². The van der Waals surface area contributed by atoms with Crippen LogP contribution in [0.25, 0.3) is 0 Å². The minimum atomic E-state index is -0.740. The maximum Gasteiger partial charge on any atom is 0.333 e. The van der Waals surface area contributed by atoms with Crippen LogP contribution in [0.2, 0.25) is 0 Å². The van der Waals surface area contributed by atoms with Crippen molar-refractivity contribution >= 4 is 29.4 Å². The smallest absolute Gasteiger partial charge is 0.333 e. The van der Waals surface area contributed by atoms with E-state index >= 15 is 0 Å². The summed E-state index contributed by atoms with van der Waals surface area (Å²) in [6, 6.07) is -0.740. The van der Waals surface area contributed by atoms with Crippen LogP contribution in [-0.4, -0.2) is 42.1 Å². The SMILES string of the molecule is CC1=CC[C@@H]([C@@H](C)/C=C(C)/C=C\C=C\C(=O)N[C@H](C(=O)N/C=C\C[C@H](C/C=C(\C)Cl)OC(C)C)C(C)(C)C)OC1=O. The van der Waals surface area contributed by atoms with Crippen molar-refractivity contribution in [1.29, 1.82) is 0 Å².